The van der Waals surface area contributed by atoms with Gasteiger partial charge < -0.3 is 15.1 Å². The summed E-state index contributed by atoms with van der Waals surface area (Å²) in [6.45, 7) is 6.20. The minimum Gasteiger partial charge on any atom is -0.468 e. The highest BCUT2D eigenvalue weighted by Gasteiger charge is 2.25. The SMILES string of the molecule is CCCNC(=NC)NCC(c1ccco1)N1CCCC1.I. The Morgan fingerprint density at radius 1 is 1.38 bits per heavy atom. The second-order valence-corrected chi connectivity index (χ2v) is 5.15. The van der Waals surface area contributed by atoms with E-state index in [4.69, 9.17) is 4.42 Å². The van der Waals surface area contributed by atoms with E-state index in [0.717, 1.165) is 44.3 Å². The molecule has 0 aliphatic carbocycles. The number of halogens is 1. The fraction of sp³-hybridized carbons (Fsp3) is 0.667. The molecule has 1 aromatic rings. The molecular formula is C15H27IN4O. The smallest absolute Gasteiger partial charge is 0.191 e. The number of likely N-dealkylation sites (tertiary alicyclic amines) is 1. The summed E-state index contributed by atoms with van der Waals surface area (Å²) in [6, 6.07) is 4.31. The first-order valence-electron chi connectivity index (χ1n) is 7.57. The molecule has 1 aliphatic rings. The van der Waals surface area contributed by atoms with E-state index in [-0.39, 0.29) is 30.0 Å². The van der Waals surface area contributed by atoms with E-state index in [2.05, 4.69) is 33.5 Å². The van der Waals surface area contributed by atoms with Crippen LogP contribution >= 0.6 is 24.0 Å². The average Bonchev–Trinajstić information content (AvgIpc) is 3.16. The third-order valence-corrected chi connectivity index (χ3v) is 3.68. The molecule has 2 rings (SSSR count). The molecule has 1 aliphatic heterocycles. The molecule has 0 saturated carbocycles. The molecule has 2 heterocycles. The molecule has 0 amide bonds. The van der Waals surface area contributed by atoms with Crippen LogP contribution in [-0.4, -0.2) is 44.1 Å². The van der Waals surface area contributed by atoms with Gasteiger partial charge in [0.1, 0.15) is 5.76 Å². The number of furan rings is 1. The highest BCUT2D eigenvalue weighted by Crippen LogP contribution is 2.24. The van der Waals surface area contributed by atoms with E-state index < -0.39 is 0 Å². The van der Waals surface area contributed by atoms with E-state index in [1.807, 2.05) is 13.1 Å². The number of aliphatic imine (C=N–C) groups is 1. The van der Waals surface area contributed by atoms with E-state index in [1.54, 1.807) is 6.26 Å². The molecule has 1 fully saturated rings. The Kier molecular flexibility index (Phi) is 8.75. The van der Waals surface area contributed by atoms with Crippen molar-refractivity contribution in [3.05, 3.63) is 24.2 Å². The zero-order chi connectivity index (χ0) is 14.2. The van der Waals surface area contributed by atoms with E-state index >= 15 is 0 Å². The molecule has 6 heteroatoms. The summed E-state index contributed by atoms with van der Waals surface area (Å²) < 4.78 is 5.61. The Morgan fingerprint density at radius 3 is 2.71 bits per heavy atom. The molecule has 1 saturated heterocycles. The predicted molar refractivity (Wildman–Crippen MR) is 97.3 cm³/mol. The third-order valence-electron chi connectivity index (χ3n) is 3.68. The van der Waals surface area contributed by atoms with Crippen LogP contribution in [0.5, 0.6) is 0 Å². The van der Waals surface area contributed by atoms with Crippen molar-refractivity contribution in [1.82, 2.24) is 15.5 Å². The monoisotopic (exact) mass is 406 g/mol. The molecule has 2 N–H and O–H groups in total. The van der Waals surface area contributed by atoms with E-state index in [9.17, 15) is 0 Å². The minimum atomic E-state index is 0. The fourth-order valence-corrected chi connectivity index (χ4v) is 2.60. The summed E-state index contributed by atoms with van der Waals surface area (Å²) in [7, 11) is 1.81. The maximum absolute atomic E-state index is 5.61. The second kappa shape index (κ2) is 10.0. The van der Waals surface area contributed by atoms with Gasteiger partial charge in [0.15, 0.2) is 5.96 Å². The maximum Gasteiger partial charge on any atom is 0.191 e. The van der Waals surface area contributed by atoms with Crippen molar-refractivity contribution in [2.24, 2.45) is 4.99 Å². The van der Waals surface area contributed by atoms with Crippen molar-refractivity contribution < 1.29 is 4.42 Å². The molecule has 0 radical (unpaired) electrons. The van der Waals surface area contributed by atoms with Crippen molar-refractivity contribution in [1.29, 1.82) is 0 Å². The lowest BCUT2D eigenvalue weighted by Gasteiger charge is -2.26. The quantitative estimate of drug-likeness (QED) is 0.433. The van der Waals surface area contributed by atoms with Crippen LogP contribution in [0, 0.1) is 0 Å². The first-order valence-corrected chi connectivity index (χ1v) is 7.57. The van der Waals surface area contributed by atoms with Gasteiger partial charge in [0.25, 0.3) is 0 Å². The summed E-state index contributed by atoms with van der Waals surface area (Å²) >= 11 is 0. The van der Waals surface area contributed by atoms with Crippen LogP contribution in [0.1, 0.15) is 38.0 Å². The zero-order valence-electron chi connectivity index (χ0n) is 13.0. The van der Waals surface area contributed by atoms with Crippen molar-refractivity contribution in [2.45, 2.75) is 32.2 Å². The lowest BCUT2D eigenvalue weighted by Crippen LogP contribution is -2.42. The zero-order valence-corrected chi connectivity index (χ0v) is 15.3. The number of guanidine groups is 1. The van der Waals surface area contributed by atoms with Crippen LogP contribution in [0.15, 0.2) is 27.8 Å². The topological polar surface area (TPSA) is 52.8 Å². The van der Waals surface area contributed by atoms with Crippen molar-refractivity contribution in [3.63, 3.8) is 0 Å². The molecule has 1 unspecified atom stereocenters. The molecule has 0 aromatic carbocycles. The number of nitrogens with zero attached hydrogens (tertiary/aromatic N) is 2. The van der Waals surface area contributed by atoms with Crippen molar-refractivity contribution in [2.75, 3.05) is 33.2 Å². The molecule has 120 valence electrons. The lowest BCUT2D eigenvalue weighted by molar-refractivity contribution is 0.215. The van der Waals surface area contributed by atoms with Gasteiger partial charge in [0, 0.05) is 20.1 Å². The molecule has 1 aromatic heterocycles. The minimum absolute atomic E-state index is 0. The van der Waals surface area contributed by atoms with Gasteiger partial charge in [-0.2, -0.15) is 0 Å². The number of rotatable bonds is 6. The predicted octanol–water partition coefficient (Wildman–Crippen LogP) is 2.61. The number of hydrogen-bond donors (Lipinski definition) is 2. The Morgan fingerprint density at radius 2 is 2.14 bits per heavy atom. The molecule has 5 nitrogen and oxygen atoms in total. The van der Waals surface area contributed by atoms with Crippen molar-refractivity contribution in [3.8, 4) is 0 Å². The highest BCUT2D eigenvalue weighted by atomic mass is 127. The van der Waals surface area contributed by atoms with Gasteiger partial charge in [0.2, 0.25) is 0 Å². The summed E-state index contributed by atoms with van der Waals surface area (Å²) in [5.74, 6) is 1.90. The highest BCUT2D eigenvalue weighted by molar-refractivity contribution is 14.0. The van der Waals surface area contributed by atoms with Gasteiger partial charge in [-0.15, -0.1) is 24.0 Å². The Labute approximate surface area is 144 Å². The van der Waals surface area contributed by atoms with Gasteiger partial charge in [-0.05, 0) is 44.5 Å². The normalized spacial score (nSPS) is 17.3. The number of nitrogens with one attached hydrogen (secondary N) is 2. The number of hydrogen-bond acceptors (Lipinski definition) is 3. The second-order valence-electron chi connectivity index (χ2n) is 5.15. The van der Waals surface area contributed by atoms with Gasteiger partial charge in [0.05, 0.1) is 12.3 Å². The summed E-state index contributed by atoms with van der Waals surface area (Å²) in [4.78, 5) is 6.74. The molecule has 21 heavy (non-hydrogen) atoms. The van der Waals surface area contributed by atoms with Crippen LogP contribution in [0.2, 0.25) is 0 Å². The average molecular weight is 406 g/mol. The Balaban J connectivity index is 0.00000220. The maximum atomic E-state index is 5.61. The van der Waals surface area contributed by atoms with Gasteiger partial charge in [-0.1, -0.05) is 6.92 Å². The van der Waals surface area contributed by atoms with Crippen LogP contribution in [0.25, 0.3) is 0 Å². The Hall–Kier alpha value is -0.760. The van der Waals surface area contributed by atoms with Crippen LogP contribution in [-0.2, 0) is 0 Å². The fourth-order valence-electron chi connectivity index (χ4n) is 2.60. The molecule has 1 atom stereocenters. The summed E-state index contributed by atoms with van der Waals surface area (Å²) in [6.07, 6.45) is 5.40. The first-order chi connectivity index (χ1) is 9.85. The van der Waals surface area contributed by atoms with Crippen molar-refractivity contribution >= 4 is 29.9 Å². The largest absolute Gasteiger partial charge is 0.468 e. The van der Waals surface area contributed by atoms with Gasteiger partial charge >= 0.3 is 0 Å². The van der Waals surface area contributed by atoms with Crippen LogP contribution < -0.4 is 10.6 Å². The summed E-state index contributed by atoms with van der Waals surface area (Å²) in [5.41, 5.74) is 0. The standard InChI is InChI=1S/C15H26N4O.HI/c1-3-8-17-15(16-2)18-12-13(14-7-6-11-20-14)19-9-4-5-10-19;/h6-7,11,13H,3-5,8-10,12H2,1-2H3,(H2,16,17,18);1H. The molecule has 0 bridgehead atoms. The third kappa shape index (κ3) is 5.50. The van der Waals surface area contributed by atoms with Gasteiger partial charge in [-0.3, -0.25) is 9.89 Å². The van der Waals surface area contributed by atoms with E-state index in [1.165, 1.54) is 12.8 Å². The molecule has 0 spiro atoms. The van der Waals surface area contributed by atoms with E-state index in [0.29, 0.717) is 0 Å². The van der Waals surface area contributed by atoms with Crippen LogP contribution in [0.4, 0.5) is 0 Å². The first kappa shape index (κ1) is 18.3. The van der Waals surface area contributed by atoms with Crippen LogP contribution in [0.3, 0.4) is 0 Å². The Bertz CT molecular complexity index is 402. The van der Waals surface area contributed by atoms with Gasteiger partial charge in [-0.25, -0.2) is 0 Å². The molecular weight excluding hydrogens is 379 g/mol. The lowest BCUT2D eigenvalue weighted by atomic mass is 10.2. The summed E-state index contributed by atoms with van der Waals surface area (Å²) in [5, 5.41) is 6.71.